The van der Waals surface area contributed by atoms with Crippen LogP contribution in [-0.2, 0) is 4.79 Å². The summed E-state index contributed by atoms with van der Waals surface area (Å²) < 4.78 is 0. The number of carbonyl (C=O) groups is 1. The number of benzene rings is 1. The molecule has 4 heteroatoms. The fraction of sp³-hybridized carbons (Fsp3) is 0. The number of halogens is 1. The van der Waals surface area contributed by atoms with Crippen molar-refractivity contribution in [3.8, 4) is 0 Å². The lowest BCUT2D eigenvalue weighted by Crippen LogP contribution is -2.11. The monoisotopic (exact) mass is 192 g/mol. The second kappa shape index (κ2) is 3.11. The van der Waals surface area contributed by atoms with Crippen LogP contribution < -0.4 is 0 Å². The molecule has 0 amide bonds. The summed E-state index contributed by atoms with van der Waals surface area (Å²) in [5.41, 5.74) is 1.11. The van der Waals surface area contributed by atoms with Gasteiger partial charge in [-0.2, -0.15) is 5.10 Å². The smallest absolute Gasteiger partial charge is 0.226 e. The van der Waals surface area contributed by atoms with Crippen molar-refractivity contribution in [1.29, 1.82) is 0 Å². The molecule has 1 aromatic rings. The van der Waals surface area contributed by atoms with E-state index in [1.165, 1.54) is 6.21 Å². The minimum Gasteiger partial charge on any atom is -0.286 e. The summed E-state index contributed by atoms with van der Waals surface area (Å²) in [5.74, 6) is -0.165. The van der Waals surface area contributed by atoms with E-state index < -0.39 is 0 Å². The van der Waals surface area contributed by atoms with Crippen molar-refractivity contribution in [2.75, 3.05) is 0 Å². The molecule has 0 aliphatic carbocycles. The lowest BCUT2D eigenvalue weighted by Gasteiger charge is -1.96. The summed E-state index contributed by atoms with van der Waals surface area (Å²) in [5, 5.41) is 7.87. The van der Waals surface area contributed by atoms with Crippen LogP contribution in [0.3, 0.4) is 0 Å². The Balaban J connectivity index is 2.38. The largest absolute Gasteiger partial charge is 0.286 e. The van der Waals surface area contributed by atoms with Crippen molar-refractivity contribution < 1.29 is 4.79 Å². The lowest BCUT2D eigenvalue weighted by molar-refractivity contribution is -0.106. The fourth-order valence-corrected chi connectivity index (χ4v) is 1.18. The van der Waals surface area contributed by atoms with Crippen LogP contribution in [0.1, 0.15) is 5.56 Å². The van der Waals surface area contributed by atoms with Crippen LogP contribution in [0.25, 0.3) is 0 Å². The van der Waals surface area contributed by atoms with Crippen LogP contribution in [0.5, 0.6) is 0 Å². The molecule has 1 aromatic carbocycles. The Morgan fingerprint density at radius 1 is 1.15 bits per heavy atom. The summed E-state index contributed by atoms with van der Waals surface area (Å²) in [7, 11) is 0. The van der Waals surface area contributed by atoms with Crippen molar-refractivity contribution in [3.63, 3.8) is 0 Å². The Labute approximate surface area is 79.7 Å². The maximum absolute atomic E-state index is 11.1. The Bertz CT molecular complexity index is 406. The van der Waals surface area contributed by atoms with E-state index in [0.717, 1.165) is 5.56 Å². The van der Waals surface area contributed by atoms with Crippen molar-refractivity contribution in [3.05, 3.63) is 34.9 Å². The molecular weight excluding hydrogens is 188 g/mol. The number of hydrogen-bond acceptors (Lipinski definition) is 3. The average molecular weight is 193 g/mol. The first kappa shape index (κ1) is 8.13. The highest BCUT2D eigenvalue weighted by molar-refractivity contribution is 6.65. The van der Waals surface area contributed by atoms with Crippen LogP contribution in [0.4, 0.5) is 0 Å². The zero-order valence-corrected chi connectivity index (χ0v) is 7.32. The zero-order valence-electron chi connectivity index (χ0n) is 6.57. The summed E-state index contributed by atoms with van der Waals surface area (Å²) in [4.78, 5) is 11.1. The molecule has 0 aromatic heterocycles. The van der Waals surface area contributed by atoms with E-state index in [1.54, 1.807) is 24.3 Å². The van der Waals surface area contributed by atoms with Crippen LogP contribution in [0.2, 0.25) is 5.02 Å². The molecule has 1 aliphatic heterocycles. The Morgan fingerprint density at radius 2 is 1.85 bits per heavy atom. The number of hydrogen-bond donors (Lipinski definition) is 0. The summed E-state index contributed by atoms with van der Waals surface area (Å²) in [6.45, 7) is 0. The van der Waals surface area contributed by atoms with E-state index >= 15 is 0 Å². The molecule has 0 unspecified atom stereocenters. The van der Waals surface area contributed by atoms with Crippen molar-refractivity contribution in [2.24, 2.45) is 10.2 Å². The van der Waals surface area contributed by atoms with E-state index in [4.69, 9.17) is 11.6 Å². The normalized spacial score (nSPS) is 14.8. The van der Waals surface area contributed by atoms with Crippen molar-refractivity contribution in [2.45, 2.75) is 0 Å². The highest BCUT2D eigenvalue weighted by atomic mass is 35.5. The van der Waals surface area contributed by atoms with Gasteiger partial charge in [0.1, 0.15) is 5.71 Å². The van der Waals surface area contributed by atoms with Gasteiger partial charge in [0.05, 0.1) is 6.21 Å². The predicted molar refractivity (Wildman–Crippen MR) is 51.5 cm³/mol. The molecule has 0 fully saturated rings. The van der Waals surface area contributed by atoms with Crippen LogP contribution in [-0.4, -0.2) is 17.7 Å². The summed E-state index contributed by atoms with van der Waals surface area (Å²) in [6.07, 6.45) is 1.20. The van der Waals surface area contributed by atoms with Gasteiger partial charge < -0.3 is 0 Å². The maximum Gasteiger partial charge on any atom is 0.226 e. The van der Waals surface area contributed by atoms with Gasteiger partial charge in [-0.25, -0.2) is 0 Å². The second-order valence-electron chi connectivity index (χ2n) is 2.56. The van der Waals surface area contributed by atoms with Crippen LogP contribution in [0.15, 0.2) is 34.5 Å². The SMILES string of the molecule is O=C1C=NN=C1c1ccc(Cl)cc1. The predicted octanol–water partition coefficient (Wildman–Crippen LogP) is 1.70. The molecule has 0 saturated carbocycles. The molecule has 0 N–H and O–H groups in total. The fourth-order valence-electron chi connectivity index (χ4n) is 1.06. The van der Waals surface area contributed by atoms with Gasteiger partial charge in [0.25, 0.3) is 0 Å². The molecule has 64 valence electrons. The highest BCUT2D eigenvalue weighted by Crippen LogP contribution is 2.11. The van der Waals surface area contributed by atoms with E-state index in [2.05, 4.69) is 10.2 Å². The van der Waals surface area contributed by atoms with Gasteiger partial charge in [-0.3, -0.25) is 4.79 Å². The topological polar surface area (TPSA) is 41.8 Å². The minimum absolute atomic E-state index is 0.165. The number of nitrogens with zero attached hydrogens (tertiary/aromatic N) is 2. The second-order valence-corrected chi connectivity index (χ2v) is 3.00. The first-order valence-electron chi connectivity index (χ1n) is 3.68. The Morgan fingerprint density at radius 3 is 2.38 bits per heavy atom. The third kappa shape index (κ3) is 1.51. The van der Waals surface area contributed by atoms with Gasteiger partial charge in [0.15, 0.2) is 0 Å². The van der Waals surface area contributed by atoms with Gasteiger partial charge in [-0.15, -0.1) is 5.10 Å². The molecule has 0 radical (unpaired) electrons. The molecule has 0 atom stereocenters. The third-order valence-electron chi connectivity index (χ3n) is 1.68. The van der Waals surface area contributed by atoms with Gasteiger partial charge in [0.2, 0.25) is 5.78 Å². The van der Waals surface area contributed by atoms with Crippen molar-refractivity contribution in [1.82, 2.24) is 0 Å². The van der Waals surface area contributed by atoms with Crippen LogP contribution in [0, 0.1) is 0 Å². The van der Waals surface area contributed by atoms with Gasteiger partial charge in [-0.1, -0.05) is 23.7 Å². The standard InChI is InChI=1S/C9H5ClN2O/c10-7-3-1-6(2-4-7)9-8(13)5-11-12-9/h1-5H. The highest BCUT2D eigenvalue weighted by Gasteiger charge is 2.15. The molecule has 0 bridgehead atoms. The van der Waals surface area contributed by atoms with Gasteiger partial charge >= 0.3 is 0 Å². The third-order valence-corrected chi connectivity index (χ3v) is 1.94. The Hall–Kier alpha value is -1.48. The molecular formula is C9H5ClN2O. The molecule has 0 saturated heterocycles. The lowest BCUT2D eigenvalue weighted by atomic mass is 10.1. The number of ketones is 1. The number of Topliss-reactive ketones (excluding diaryl/α,β-unsaturated/α-hetero) is 1. The summed E-state index contributed by atoms with van der Waals surface area (Å²) >= 11 is 5.70. The first-order valence-corrected chi connectivity index (χ1v) is 4.06. The molecule has 0 spiro atoms. The molecule has 1 aliphatic rings. The van der Waals surface area contributed by atoms with E-state index in [1.807, 2.05) is 0 Å². The summed E-state index contributed by atoms with van der Waals surface area (Å²) in [6, 6.07) is 6.91. The van der Waals surface area contributed by atoms with E-state index in [9.17, 15) is 4.79 Å². The number of carbonyl (C=O) groups excluding carboxylic acids is 1. The molecule has 3 nitrogen and oxygen atoms in total. The number of rotatable bonds is 1. The molecule has 13 heavy (non-hydrogen) atoms. The minimum atomic E-state index is -0.165. The molecule has 2 rings (SSSR count). The van der Waals surface area contributed by atoms with E-state index in [-0.39, 0.29) is 5.78 Å². The maximum atomic E-state index is 11.1. The van der Waals surface area contributed by atoms with Crippen molar-refractivity contribution >= 4 is 29.3 Å². The quantitative estimate of drug-likeness (QED) is 0.668. The van der Waals surface area contributed by atoms with Crippen LogP contribution >= 0.6 is 11.6 Å². The Kier molecular flexibility index (Phi) is 1.94. The first-order chi connectivity index (χ1) is 6.27. The van der Waals surface area contributed by atoms with Gasteiger partial charge in [-0.05, 0) is 12.1 Å². The average Bonchev–Trinajstić information content (AvgIpc) is 2.53. The van der Waals surface area contributed by atoms with Gasteiger partial charge in [0, 0.05) is 10.6 Å². The molecule has 1 heterocycles. The van der Waals surface area contributed by atoms with E-state index in [0.29, 0.717) is 10.7 Å². The zero-order chi connectivity index (χ0) is 9.26.